The Bertz CT molecular complexity index is 403. The van der Waals surface area contributed by atoms with Crippen molar-refractivity contribution in [1.82, 2.24) is 4.90 Å². The van der Waals surface area contributed by atoms with Crippen molar-refractivity contribution in [3.63, 3.8) is 0 Å². The van der Waals surface area contributed by atoms with Gasteiger partial charge in [0.2, 0.25) is 0 Å². The lowest BCUT2D eigenvalue weighted by molar-refractivity contribution is 0.194. The number of likely N-dealkylation sites (N-methyl/N-ethyl adjacent to an activating group) is 1. The van der Waals surface area contributed by atoms with Crippen molar-refractivity contribution in [1.29, 1.82) is 0 Å². The van der Waals surface area contributed by atoms with Gasteiger partial charge in [0.25, 0.3) is 0 Å². The number of benzene rings is 1. The van der Waals surface area contributed by atoms with Gasteiger partial charge in [-0.2, -0.15) is 0 Å². The molecule has 0 saturated carbocycles. The van der Waals surface area contributed by atoms with Crippen molar-refractivity contribution in [3.8, 4) is 11.5 Å². The first kappa shape index (κ1) is 12.2. The van der Waals surface area contributed by atoms with Crippen LogP contribution in [0.3, 0.4) is 0 Å². The maximum absolute atomic E-state index is 5.35. The molecular formula is C14H21NO2. The van der Waals surface area contributed by atoms with E-state index in [1.54, 1.807) is 14.2 Å². The molecule has 0 N–H and O–H groups in total. The second-order valence-corrected chi connectivity index (χ2v) is 4.59. The molecule has 0 amide bonds. The number of rotatable bonds is 3. The molecule has 0 spiro atoms. The summed E-state index contributed by atoms with van der Waals surface area (Å²) in [5.74, 6) is 1.67. The third-order valence-corrected chi connectivity index (χ3v) is 3.62. The molecule has 0 aromatic heterocycles. The van der Waals surface area contributed by atoms with Gasteiger partial charge in [-0.05, 0) is 43.1 Å². The van der Waals surface area contributed by atoms with Crippen molar-refractivity contribution >= 4 is 0 Å². The minimum Gasteiger partial charge on any atom is -0.493 e. The van der Waals surface area contributed by atoms with Gasteiger partial charge in [-0.3, -0.25) is 4.90 Å². The second-order valence-electron chi connectivity index (χ2n) is 4.59. The molecule has 1 aromatic carbocycles. The highest BCUT2D eigenvalue weighted by Gasteiger charge is 2.23. The predicted molar refractivity (Wildman–Crippen MR) is 68.8 cm³/mol. The van der Waals surface area contributed by atoms with E-state index >= 15 is 0 Å². The summed E-state index contributed by atoms with van der Waals surface area (Å²) in [6.45, 7) is 6.59. The molecule has 0 bridgehead atoms. The van der Waals surface area contributed by atoms with Gasteiger partial charge in [-0.25, -0.2) is 0 Å². The molecule has 0 saturated heterocycles. The molecule has 17 heavy (non-hydrogen) atoms. The average Bonchev–Trinajstić information content (AvgIpc) is 2.36. The normalized spacial score (nSPS) is 19.9. The summed E-state index contributed by atoms with van der Waals surface area (Å²) in [7, 11) is 3.38. The molecule has 1 unspecified atom stereocenters. The fraction of sp³-hybridized carbons (Fsp3) is 0.571. The molecule has 0 fully saturated rings. The van der Waals surface area contributed by atoms with E-state index in [1.165, 1.54) is 11.1 Å². The molecule has 0 aliphatic carbocycles. The standard InChI is InChI=1S/C14H21NO2/c1-5-15-9-12-8-14(17-4)13(16-3)7-11(12)6-10(15)2/h7-8,10H,5-6,9H2,1-4H3. The van der Waals surface area contributed by atoms with Crippen LogP contribution in [-0.4, -0.2) is 31.7 Å². The summed E-state index contributed by atoms with van der Waals surface area (Å²) in [6, 6.07) is 4.84. The number of hydrogen-bond acceptors (Lipinski definition) is 3. The Morgan fingerprint density at radius 3 is 2.29 bits per heavy atom. The first-order valence-electron chi connectivity index (χ1n) is 6.17. The predicted octanol–water partition coefficient (Wildman–Crippen LogP) is 2.47. The number of hydrogen-bond donors (Lipinski definition) is 0. The Hall–Kier alpha value is -1.22. The topological polar surface area (TPSA) is 21.7 Å². The van der Waals surface area contributed by atoms with Crippen LogP contribution in [0.2, 0.25) is 0 Å². The molecule has 1 heterocycles. The van der Waals surface area contributed by atoms with Gasteiger partial charge in [0.05, 0.1) is 14.2 Å². The van der Waals surface area contributed by atoms with Crippen LogP contribution in [0.25, 0.3) is 0 Å². The van der Waals surface area contributed by atoms with E-state index in [4.69, 9.17) is 9.47 Å². The third-order valence-electron chi connectivity index (χ3n) is 3.62. The monoisotopic (exact) mass is 235 g/mol. The molecule has 2 rings (SSSR count). The molecule has 0 radical (unpaired) electrons. The van der Waals surface area contributed by atoms with E-state index in [9.17, 15) is 0 Å². The van der Waals surface area contributed by atoms with Gasteiger partial charge < -0.3 is 9.47 Å². The zero-order valence-corrected chi connectivity index (χ0v) is 11.1. The van der Waals surface area contributed by atoms with Crippen LogP contribution >= 0.6 is 0 Å². The van der Waals surface area contributed by atoms with E-state index < -0.39 is 0 Å². The first-order chi connectivity index (χ1) is 8.19. The summed E-state index contributed by atoms with van der Waals surface area (Å²) >= 11 is 0. The minimum absolute atomic E-state index is 0.602. The van der Waals surface area contributed by atoms with Gasteiger partial charge in [0.1, 0.15) is 0 Å². The maximum Gasteiger partial charge on any atom is 0.161 e. The lowest BCUT2D eigenvalue weighted by Gasteiger charge is -2.34. The Kier molecular flexibility index (Phi) is 3.57. The van der Waals surface area contributed by atoms with E-state index in [-0.39, 0.29) is 0 Å². The average molecular weight is 235 g/mol. The molecule has 1 aliphatic heterocycles. The summed E-state index contributed by atoms with van der Waals surface area (Å²) < 4.78 is 10.7. The van der Waals surface area contributed by atoms with E-state index in [1.807, 2.05) is 0 Å². The molecule has 94 valence electrons. The lowest BCUT2D eigenvalue weighted by atomic mass is 9.94. The van der Waals surface area contributed by atoms with Gasteiger partial charge in [0.15, 0.2) is 11.5 Å². The fourth-order valence-corrected chi connectivity index (χ4v) is 2.55. The quantitative estimate of drug-likeness (QED) is 0.803. The van der Waals surface area contributed by atoms with Gasteiger partial charge in [-0.15, -0.1) is 0 Å². The maximum atomic E-state index is 5.35. The molecule has 1 aliphatic rings. The highest BCUT2D eigenvalue weighted by Crippen LogP contribution is 2.34. The van der Waals surface area contributed by atoms with Crippen LogP contribution in [0.4, 0.5) is 0 Å². The largest absolute Gasteiger partial charge is 0.493 e. The Morgan fingerprint density at radius 2 is 1.76 bits per heavy atom. The van der Waals surface area contributed by atoms with Gasteiger partial charge in [-0.1, -0.05) is 6.92 Å². The van der Waals surface area contributed by atoms with E-state index in [0.717, 1.165) is 31.0 Å². The van der Waals surface area contributed by atoms with Gasteiger partial charge >= 0.3 is 0 Å². The van der Waals surface area contributed by atoms with Crippen LogP contribution in [-0.2, 0) is 13.0 Å². The van der Waals surface area contributed by atoms with E-state index in [2.05, 4.69) is 30.9 Å². The summed E-state index contributed by atoms with van der Waals surface area (Å²) in [6.07, 6.45) is 1.09. The van der Waals surface area contributed by atoms with Crippen molar-refractivity contribution < 1.29 is 9.47 Å². The summed E-state index contributed by atoms with van der Waals surface area (Å²) in [5.41, 5.74) is 2.75. The summed E-state index contributed by atoms with van der Waals surface area (Å²) in [4.78, 5) is 2.48. The molecular weight excluding hydrogens is 214 g/mol. The summed E-state index contributed by atoms with van der Waals surface area (Å²) in [5, 5.41) is 0. The second kappa shape index (κ2) is 4.96. The Morgan fingerprint density at radius 1 is 1.18 bits per heavy atom. The van der Waals surface area contributed by atoms with Crippen molar-refractivity contribution in [2.75, 3.05) is 20.8 Å². The van der Waals surface area contributed by atoms with Gasteiger partial charge in [0, 0.05) is 12.6 Å². The fourth-order valence-electron chi connectivity index (χ4n) is 2.55. The number of ether oxygens (including phenoxy) is 2. The molecule has 3 nitrogen and oxygen atoms in total. The third kappa shape index (κ3) is 2.25. The molecule has 3 heteroatoms. The highest BCUT2D eigenvalue weighted by molar-refractivity contribution is 5.48. The molecule has 1 atom stereocenters. The van der Waals surface area contributed by atoms with Crippen LogP contribution in [0.5, 0.6) is 11.5 Å². The Labute approximate surface area is 103 Å². The van der Waals surface area contributed by atoms with Crippen LogP contribution in [0.15, 0.2) is 12.1 Å². The number of methoxy groups -OCH3 is 2. The SMILES string of the molecule is CCN1Cc2cc(OC)c(OC)cc2CC1C. The van der Waals surface area contributed by atoms with Crippen molar-refractivity contribution in [2.45, 2.75) is 32.9 Å². The van der Waals surface area contributed by atoms with Crippen LogP contribution in [0.1, 0.15) is 25.0 Å². The lowest BCUT2D eigenvalue weighted by Crippen LogP contribution is -2.38. The number of fused-ring (bicyclic) bond motifs is 1. The van der Waals surface area contributed by atoms with E-state index in [0.29, 0.717) is 6.04 Å². The van der Waals surface area contributed by atoms with Crippen LogP contribution < -0.4 is 9.47 Å². The smallest absolute Gasteiger partial charge is 0.161 e. The Balaban J connectivity index is 2.37. The van der Waals surface area contributed by atoms with Crippen molar-refractivity contribution in [2.24, 2.45) is 0 Å². The van der Waals surface area contributed by atoms with Crippen LogP contribution in [0, 0.1) is 0 Å². The first-order valence-corrected chi connectivity index (χ1v) is 6.17. The number of nitrogens with zero attached hydrogens (tertiary/aromatic N) is 1. The zero-order chi connectivity index (χ0) is 12.4. The highest BCUT2D eigenvalue weighted by atomic mass is 16.5. The zero-order valence-electron chi connectivity index (χ0n) is 11.1. The molecule has 1 aromatic rings. The minimum atomic E-state index is 0.602. The van der Waals surface area contributed by atoms with Crippen molar-refractivity contribution in [3.05, 3.63) is 23.3 Å².